The van der Waals surface area contributed by atoms with E-state index in [1.54, 1.807) is 44.2 Å². The fraction of sp³-hybridized carbons (Fsp3) is 0.412. The number of halogens is 1. The Bertz CT molecular complexity index is 1710. The van der Waals surface area contributed by atoms with Crippen molar-refractivity contribution in [1.29, 1.82) is 0 Å². The fourth-order valence-corrected chi connectivity index (χ4v) is 6.02. The lowest BCUT2D eigenvalue weighted by Crippen LogP contribution is -2.37. The topological polar surface area (TPSA) is 163 Å². The molecular weight excluding hydrogens is 658 g/mol. The molecular formula is C34H40BrN3O8. The van der Waals surface area contributed by atoms with Crippen molar-refractivity contribution in [1.82, 2.24) is 4.98 Å². The zero-order chi connectivity index (χ0) is 33.7. The Labute approximate surface area is 276 Å². The van der Waals surface area contributed by atoms with Crippen LogP contribution in [-0.2, 0) is 25.4 Å². The minimum atomic E-state index is -0.987. The molecule has 2 aliphatic heterocycles. The number of carbonyl (C=O) groups excluding carboxylic acids is 2. The molecule has 2 heterocycles. The molecule has 12 heteroatoms. The Kier molecular flexibility index (Phi) is 11.5. The summed E-state index contributed by atoms with van der Waals surface area (Å²) < 4.78 is 23.8. The highest BCUT2D eigenvalue weighted by molar-refractivity contribution is 9.10. The van der Waals surface area contributed by atoms with Gasteiger partial charge in [-0.3, -0.25) is 9.59 Å². The summed E-state index contributed by atoms with van der Waals surface area (Å²) in [7, 11) is 2.97. The maximum atomic E-state index is 13.9. The number of hydrogen-bond donors (Lipinski definition) is 3. The minimum Gasteiger partial charge on any atom is -0.452 e. The highest BCUT2D eigenvalue weighted by atomic mass is 79.9. The van der Waals surface area contributed by atoms with Gasteiger partial charge in [-0.15, -0.1) is 0 Å². The number of methoxy groups -OCH3 is 2. The molecule has 1 aromatic rings. The van der Waals surface area contributed by atoms with Gasteiger partial charge in [-0.1, -0.05) is 54.1 Å². The molecule has 0 unspecified atom stereocenters. The molecule has 4 N–H and O–H groups in total. The van der Waals surface area contributed by atoms with Crippen molar-refractivity contribution in [2.24, 2.45) is 17.6 Å². The van der Waals surface area contributed by atoms with Crippen molar-refractivity contribution < 1.29 is 33.3 Å². The van der Waals surface area contributed by atoms with Gasteiger partial charge in [0.15, 0.2) is 17.4 Å². The number of carbonyl (C=O) groups is 2. The number of nitrogens with two attached hydrogens (primary N) is 1. The average molecular weight is 699 g/mol. The van der Waals surface area contributed by atoms with E-state index in [2.05, 4.69) is 21.2 Å². The quantitative estimate of drug-likeness (QED) is 0.236. The molecule has 6 atom stereocenters. The maximum absolute atomic E-state index is 13.9. The first-order valence-corrected chi connectivity index (χ1v) is 15.7. The molecule has 0 radical (unpaired) electrons. The van der Waals surface area contributed by atoms with Gasteiger partial charge in [-0.05, 0) is 62.4 Å². The van der Waals surface area contributed by atoms with Crippen LogP contribution >= 0.6 is 15.9 Å². The predicted molar refractivity (Wildman–Crippen MR) is 179 cm³/mol. The number of benzene rings is 2. The minimum absolute atomic E-state index is 0.0628. The summed E-state index contributed by atoms with van der Waals surface area (Å²) in [5, 5.41) is 14.1. The molecule has 0 saturated heterocycles. The summed E-state index contributed by atoms with van der Waals surface area (Å²) in [6.07, 6.45) is 3.03. The van der Waals surface area contributed by atoms with Gasteiger partial charge >= 0.3 is 6.09 Å². The van der Waals surface area contributed by atoms with Crippen molar-refractivity contribution in [2.45, 2.75) is 65.0 Å². The standard InChI is InChI=1S/C34H40BrN3O8/c1-17-12-22-30(40)24(16-25-32(22)45-26-11-10-21(35)15-23(26)37-25)38-33(41)18(2)8-7-9-27(43-5)31(46-34(36)42)20(4)14-19(3)29(39)28(13-17)44-6/h7-11,14-17,19,27-29,31,39H,12-13H2,1-6H3,(H2,36,42)(H,38,41)/b9-7-,18-8-,20-14-/t17-,19+,27+,28-,29+,31-/m1/s1. The van der Waals surface area contributed by atoms with Crippen LogP contribution in [0.25, 0.3) is 22.6 Å². The molecule has 1 aliphatic carbocycles. The summed E-state index contributed by atoms with van der Waals surface area (Å²) in [5.41, 5.74) is 7.82. The van der Waals surface area contributed by atoms with Gasteiger partial charge in [0.25, 0.3) is 5.91 Å². The molecule has 46 heavy (non-hydrogen) atoms. The number of nitrogens with one attached hydrogen (secondary N) is 1. The molecule has 0 aromatic heterocycles. The van der Waals surface area contributed by atoms with Gasteiger partial charge < -0.3 is 34.8 Å². The Morgan fingerprint density at radius 2 is 1.89 bits per heavy atom. The average Bonchev–Trinajstić information content (AvgIpc) is 3.01. The number of aliphatic hydroxyl groups excluding tert-OH is 1. The summed E-state index contributed by atoms with van der Waals surface area (Å²) in [4.78, 5) is 43.7. The maximum Gasteiger partial charge on any atom is 0.405 e. The normalized spacial score (nSPS) is 28.1. The highest BCUT2D eigenvalue weighted by Gasteiger charge is 2.30. The molecule has 1 aromatic carbocycles. The Balaban J connectivity index is 1.86. The number of aromatic nitrogens is 1. The number of nitrogens with zero attached hydrogens (tertiary/aromatic N) is 1. The van der Waals surface area contributed by atoms with Crippen LogP contribution in [0.5, 0.6) is 0 Å². The van der Waals surface area contributed by atoms with Gasteiger partial charge in [-0.2, -0.15) is 0 Å². The second kappa shape index (κ2) is 15.2. The Morgan fingerprint density at radius 3 is 2.57 bits per heavy atom. The molecule has 2 amide bonds. The van der Waals surface area contributed by atoms with Crippen molar-refractivity contribution in [2.75, 3.05) is 19.5 Å². The number of rotatable bonds is 3. The predicted octanol–water partition coefficient (Wildman–Crippen LogP) is 5.52. The smallest absolute Gasteiger partial charge is 0.405 e. The van der Waals surface area contributed by atoms with Crippen LogP contribution in [0.1, 0.15) is 39.7 Å². The Hall–Kier alpha value is -3.84. The number of anilines is 1. The zero-order valence-electron chi connectivity index (χ0n) is 26.7. The van der Waals surface area contributed by atoms with Gasteiger partial charge in [-0.25, -0.2) is 9.78 Å². The molecule has 246 valence electrons. The molecule has 4 rings (SSSR count). The first-order chi connectivity index (χ1) is 21.8. The van der Waals surface area contributed by atoms with E-state index in [-0.39, 0.29) is 23.5 Å². The second-order valence-electron chi connectivity index (χ2n) is 11.7. The third-order valence-electron chi connectivity index (χ3n) is 8.13. The number of ether oxygens (including phenoxy) is 3. The van der Waals surface area contributed by atoms with Crippen LogP contribution in [-0.4, -0.2) is 60.7 Å². The number of hydrogen-bond acceptors (Lipinski definition) is 9. The highest BCUT2D eigenvalue weighted by Crippen LogP contribution is 2.33. The number of aliphatic hydroxyl groups is 1. The lowest BCUT2D eigenvalue weighted by atomic mass is 9.87. The number of allylic oxidation sites excluding steroid dienone is 2. The molecule has 3 aliphatic rings. The summed E-state index contributed by atoms with van der Waals surface area (Å²) in [6.45, 7) is 7.14. The summed E-state index contributed by atoms with van der Waals surface area (Å²) in [5.74, 6) is -0.748. The molecule has 11 nitrogen and oxygen atoms in total. The van der Waals surface area contributed by atoms with Crippen molar-refractivity contribution >= 4 is 44.7 Å². The van der Waals surface area contributed by atoms with E-state index in [1.807, 2.05) is 26.0 Å². The van der Waals surface area contributed by atoms with Crippen LogP contribution in [0.15, 0.2) is 73.4 Å². The van der Waals surface area contributed by atoms with Crippen LogP contribution < -0.4 is 16.5 Å². The lowest BCUT2D eigenvalue weighted by molar-refractivity contribution is -0.112. The Morgan fingerprint density at radius 1 is 1.15 bits per heavy atom. The molecule has 0 fully saturated rings. The zero-order valence-corrected chi connectivity index (χ0v) is 28.3. The largest absolute Gasteiger partial charge is 0.452 e. The van der Waals surface area contributed by atoms with Crippen LogP contribution in [0.2, 0.25) is 0 Å². The number of fused-ring (bicyclic) bond motifs is 5. The van der Waals surface area contributed by atoms with Crippen LogP contribution in [0.4, 0.5) is 10.5 Å². The second-order valence-corrected chi connectivity index (χ2v) is 12.6. The summed E-state index contributed by atoms with van der Waals surface area (Å²) in [6, 6.07) is 6.93. The molecule has 0 saturated carbocycles. The first kappa shape index (κ1) is 35.0. The SMILES string of the molecule is CO[C@H]1/C=C\C=C(\C)C(=O)Nc2cc3nc4cc(Br)ccc4oc-3c(c2=O)C[C@@H](C)C[C@@H](OC)[C@@H](O)[C@@H](C)/C=C(/C)[C@H]1OC(N)=O. The van der Waals surface area contributed by atoms with Crippen LogP contribution in [0.3, 0.4) is 0 Å². The van der Waals surface area contributed by atoms with Crippen molar-refractivity contribution in [3.05, 3.63) is 80.0 Å². The van der Waals surface area contributed by atoms with E-state index in [4.69, 9.17) is 29.3 Å². The van der Waals surface area contributed by atoms with E-state index in [9.17, 15) is 19.5 Å². The van der Waals surface area contributed by atoms with Crippen molar-refractivity contribution in [3.63, 3.8) is 0 Å². The van der Waals surface area contributed by atoms with Gasteiger partial charge in [0.1, 0.15) is 17.3 Å². The third-order valence-corrected chi connectivity index (χ3v) is 8.62. The fourth-order valence-electron chi connectivity index (χ4n) is 5.67. The lowest BCUT2D eigenvalue weighted by Gasteiger charge is -2.29. The number of amides is 2. The van der Waals surface area contributed by atoms with Gasteiger partial charge in [0, 0.05) is 35.7 Å². The number of primary amides is 1. The van der Waals surface area contributed by atoms with Gasteiger partial charge in [0.2, 0.25) is 5.43 Å². The monoisotopic (exact) mass is 697 g/mol. The van der Waals surface area contributed by atoms with Gasteiger partial charge in [0.05, 0.1) is 17.9 Å². The van der Waals surface area contributed by atoms with Crippen LogP contribution in [0, 0.1) is 11.8 Å². The van der Waals surface area contributed by atoms with Crippen molar-refractivity contribution in [3.8, 4) is 11.5 Å². The molecule has 2 bridgehead atoms. The first-order valence-electron chi connectivity index (χ1n) is 14.9. The van der Waals surface area contributed by atoms with E-state index in [1.165, 1.54) is 20.3 Å². The summed E-state index contributed by atoms with van der Waals surface area (Å²) >= 11 is 3.46. The van der Waals surface area contributed by atoms with E-state index < -0.39 is 42.3 Å². The third kappa shape index (κ3) is 8.11. The van der Waals surface area contributed by atoms with E-state index in [0.29, 0.717) is 45.7 Å². The van der Waals surface area contributed by atoms with E-state index >= 15 is 0 Å². The van der Waals surface area contributed by atoms with E-state index in [0.717, 1.165) is 4.47 Å². The molecule has 0 spiro atoms.